The molecule has 0 saturated heterocycles. The van der Waals surface area contributed by atoms with E-state index in [-0.39, 0.29) is 5.91 Å². The van der Waals surface area contributed by atoms with E-state index in [1.807, 2.05) is 0 Å². The van der Waals surface area contributed by atoms with Crippen LogP contribution < -0.4 is 5.32 Å². The third-order valence-corrected chi connectivity index (χ3v) is 5.70. The molecule has 1 aliphatic rings. The highest BCUT2D eigenvalue weighted by Crippen LogP contribution is 2.30. The van der Waals surface area contributed by atoms with Gasteiger partial charge >= 0.3 is 0 Å². The topological polar surface area (TPSA) is 32.3 Å². The molecule has 3 aromatic rings. The molecule has 4 rings (SSSR count). The van der Waals surface area contributed by atoms with Gasteiger partial charge in [0.2, 0.25) is 5.91 Å². The van der Waals surface area contributed by atoms with Gasteiger partial charge in [-0.3, -0.25) is 9.69 Å². The zero-order valence-corrected chi connectivity index (χ0v) is 17.0. The van der Waals surface area contributed by atoms with Crippen molar-refractivity contribution in [2.45, 2.75) is 31.8 Å². The molecule has 144 valence electrons. The molecule has 28 heavy (non-hydrogen) atoms. The van der Waals surface area contributed by atoms with Crippen molar-refractivity contribution in [3.8, 4) is 0 Å². The van der Waals surface area contributed by atoms with E-state index in [1.54, 1.807) is 18.2 Å². The fraction of sp³-hybridized carbons (Fsp3) is 0.261. The Labute approximate surface area is 175 Å². The molecule has 0 spiro atoms. The first kappa shape index (κ1) is 19.3. The SMILES string of the molecule is O=C(CCN(Cc1cccc2ccccc12)C1CC1)Nc1ccc(Cl)cc1Cl. The monoisotopic (exact) mass is 412 g/mol. The van der Waals surface area contributed by atoms with Gasteiger partial charge in [-0.15, -0.1) is 0 Å². The van der Waals surface area contributed by atoms with Crippen LogP contribution in [-0.4, -0.2) is 23.4 Å². The lowest BCUT2D eigenvalue weighted by Crippen LogP contribution is -2.29. The normalized spacial score (nSPS) is 13.8. The van der Waals surface area contributed by atoms with E-state index in [0.29, 0.717) is 28.2 Å². The number of rotatable bonds is 7. The van der Waals surface area contributed by atoms with Crippen LogP contribution >= 0.6 is 23.2 Å². The fourth-order valence-corrected chi connectivity index (χ4v) is 3.98. The van der Waals surface area contributed by atoms with Gasteiger partial charge in [0, 0.05) is 30.6 Å². The molecular weight excluding hydrogens is 391 g/mol. The van der Waals surface area contributed by atoms with E-state index in [1.165, 1.54) is 29.2 Å². The molecule has 5 heteroatoms. The van der Waals surface area contributed by atoms with Crippen LogP contribution in [0.3, 0.4) is 0 Å². The number of nitrogens with zero attached hydrogens (tertiary/aromatic N) is 1. The second-order valence-corrected chi connectivity index (χ2v) is 8.11. The van der Waals surface area contributed by atoms with Crippen molar-refractivity contribution in [3.63, 3.8) is 0 Å². The number of halogens is 2. The van der Waals surface area contributed by atoms with Crippen LogP contribution in [0.25, 0.3) is 10.8 Å². The van der Waals surface area contributed by atoms with Gasteiger partial charge in [-0.1, -0.05) is 65.7 Å². The Morgan fingerprint density at radius 3 is 2.61 bits per heavy atom. The molecule has 1 fully saturated rings. The van der Waals surface area contributed by atoms with Gasteiger partial charge in [0.05, 0.1) is 10.7 Å². The quantitative estimate of drug-likeness (QED) is 0.505. The molecule has 1 saturated carbocycles. The van der Waals surface area contributed by atoms with Crippen molar-refractivity contribution in [1.29, 1.82) is 0 Å². The van der Waals surface area contributed by atoms with Gasteiger partial charge in [0.25, 0.3) is 0 Å². The van der Waals surface area contributed by atoms with E-state index < -0.39 is 0 Å². The van der Waals surface area contributed by atoms with Crippen molar-refractivity contribution in [1.82, 2.24) is 4.90 Å². The minimum Gasteiger partial charge on any atom is -0.325 e. The number of carbonyl (C=O) groups is 1. The number of amides is 1. The van der Waals surface area contributed by atoms with Crippen LogP contribution in [0.4, 0.5) is 5.69 Å². The third kappa shape index (κ3) is 4.67. The molecule has 0 aliphatic heterocycles. The molecule has 3 nitrogen and oxygen atoms in total. The predicted molar refractivity (Wildman–Crippen MR) is 117 cm³/mol. The molecule has 0 bridgehead atoms. The summed E-state index contributed by atoms with van der Waals surface area (Å²) in [5.41, 5.74) is 1.91. The van der Waals surface area contributed by atoms with Gasteiger partial charge in [-0.05, 0) is 47.4 Å². The number of benzene rings is 3. The first-order valence-electron chi connectivity index (χ1n) is 9.56. The van der Waals surface area contributed by atoms with Crippen molar-refractivity contribution in [2.24, 2.45) is 0 Å². The van der Waals surface area contributed by atoms with E-state index in [9.17, 15) is 4.79 Å². The molecule has 0 radical (unpaired) electrons. The summed E-state index contributed by atoms with van der Waals surface area (Å²) in [5.74, 6) is -0.0345. The van der Waals surface area contributed by atoms with Crippen molar-refractivity contribution in [2.75, 3.05) is 11.9 Å². The minimum atomic E-state index is -0.0345. The lowest BCUT2D eigenvalue weighted by Gasteiger charge is -2.23. The molecule has 0 unspecified atom stereocenters. The van der Waals surface area contributed by atoms with Crippen molar-refractivity contribution in [3.05, 3.63) is 76.3 Å². The maximum atomic E-state index is 12.4. The number of fused-ring (bicyclic) bond motifs is 1. The summed E-state index contributed by atoms with van der Waals surface area (Å²) in [6.45, 7) is 1.59. The second-order valence-electron chi connectivity index (χ2n) is 7.26. The van der Waals surface area contributed by atoms with Crippen LogP contribution in [0, 0.1) is 0 Å². The highest BCUT2D eigenvalue weighted by atomic mass is 35.5. The summed E-state index contributed by atoms with van der Waals surface area (Å²) in [5, 5.41) is 6.44. The Morgan fingerprint density at radius 2 is 1.82 bits per heavy atom. The van der Waals surface area contributed by atoms with Gasteiger partial charge in [0.15, 0.2) is 0 Å². The Morgan fingerprint density at radius 1 is 1.04 bits per heavy atom. The number of hydrogen-bond acceptors (Lipinski definition) is 2. The van der Waals surface area contributed by atoms with Gasteiger partial charge in [-0.25, -0.2) is 0 Å². The minimum absolute atomic E-state index is 0.0345. The summed E-state index contributed by atoms with van der Waals surface area (Å²) < 4.78 is 0. The lowest BCUT2D eigenvalue weighted by molar-refractivity contribution is -0.116. The summed E-state index contributed by atoms with van der Waals surface area (Å²) in [7, 11) is 0. The number of hydrogen-bond donors (Lipinski definition) is 1. The third-order valence-electron chi connectivity index (χ3n) is 5.15. The molecular formula is C23H22Cl2N2O. The highest BCUT2D eigenvalue weighted by molar-refractivity contribution is 6.36. The highest BCUT2D eigenvalue weighted by Gasteiger charge is 2.29. The van der Waals surface area contributed by atoms with Gasteiger partial charge < -0.3 is 5.32 Å². The van der Waals surface area contributed by atoms with E-state index in [0.717, 1.165) is 13.1 Å². The summed E-state index contributed by atoms with van der Waals surface area (Å²) in [4.78, 5) is 14.9. The number of anilines is 1. The van der Waals surface area contributed by atoms with Crippen LogP contribution in [-0.2, 0) is 11.3 Å². The zero-order valence-electron chi connectivity index (χ0n) is 15.5. The van der Waals surface area contributed by atoms with Gasteiger partial charge in [-0.2, -0.15) is 0 Å². The molecule has 0 heterocycles. The molecule has 1 amide bonds. The Balaban J connectivity index is 1.41. The standard InChI is InChI=1S/C23H22Cl2N2O/c24-18-8-11-22(21(25)14-18)26-23(28)12-13-27(19-9-10-19)15-17-6-3-5-16-4-1-2-7-20(16)17/h1-8,11,14,19H,9-10,12-13,15H2,(H,26,28). The number of nitrogens with one attached hydrogen (secondary N) is 1. The molecule has 1 aliphatic carbocycles. The smallest absolute Gasteiger partial charge is 0.225 e. The largest absolute Gasteiger partial charge is 0.325 e. The zero-order chi connectivity index (χ0) is 19.5. The second kappa shape index (κ2) is 8.52. The summed E-state index contributed by atoms with van der Waals surface area (Å²) >= 11 is 12.1. The van der Waals surface area contributed by atoms with Crippen molar-refractivity contribution >= 4 is 45.6 Å². The first-order valence-corrected chi connectivity index (χ1v) is 10.3. The predicted octanol–water partition coefficient (Wildman–Crippen LogP) is 6.14. The van der Waals surface area contributed by atoms with Crippen LogP contribution in [0.5, 0.6) is 0 Å². The first-order chi connectivity index (χ1) is 13.6. The van der Waals surface area contributed by atoms with E-state index in [4.69, 9.17) is 23.2 Å². The summed E-state index contributed by atoms with van der Waals surface area (Å²) in [6, 6.07) is 20.6. The number of carbonyl (C=O) groups excluding carboxylic acids is 1. The Kier molecular flexibility index (Phi) is 5.86. The average Bonchev–Trinajstić information content (AvgIpc) is 3.53. The van der Waals surface area contributed by atoms with Crippen LogP contribution in [0.15, 0.2) is 60.7 Å². The maximum absolute atomic E-state index is 12.4. The fourth-order valence-electron chi connectivity index (χ4n) is 3.53. The molecule has 3 aromatic carbocycles. The summed E-state index contributed by atoms with van der Waals surface area (Å²) in [6.07, 6.45) is 2.84. The lowest BCUT2D eigenvalue weighted by atomic mass is 10.0. The average molecular weight is 413 g/mol. The Bertz CT molecular complexity index is 996. The van der Waals surface area contributed by atoms with Crippen LogP contribution in [0.2, 0.25) is 10.0 Å². The van der Waals surface area contributed by atoms with E-state index in [2.05, 4.69) is 52.7 Å². The van der Waals surface area contributed by atoms with E-state index >= 15 is 0 Å². The van der Waals surface area contributed by atoms with Gasteiger partial charge in [0.1, 0.15) is 0 Å². The maximum Gasteiger partial charge on any atom is 0.225 e. The van der Waals surface area contributed by atoms with Crippen molar-refractivity contribution < 1.29 is 4.79 Å². The molecule has 1 N–H and O–H groups in total. The molecule has 0 aromatic heterocycles. The molecule has 0 atom stereocenters. The Hall–Kier alpha value is -2.07. The van der Waals surface area contributed by atoms with Crippen LogP contribution in [0.1, 0.15) is 24.8 Å².